The molecule has 0 fully saturated rings. The van der Waals surface area contributed by atoms with Crippen LogP contribution < -0.4 is 16.1 Å². The fourth-order valence-electron chi connectivity index (χ4n) is 2.61. The molecule has 3 rings (SSSR count). The van der Waals surface area contributed by atoms with Crippen LogP contribution >= 0.6 is 11.6 Å². The number of fused-ring (bicyclic) bond motifs is 3. The number of hydrogen-bond acceptors (Lipinski definition) is 4. The predicted molar refractivity (Wildman–Crippen MR) is 84.2 cm³/mol. The molecule has 0 spiro atoms. The molecular formula is C16H16ClNO3. The van der Waals surface area contributed by atoms with Crippen LogP contribution in [-0.2, 0) is 12.8 Å². The number of nitrogens with two attached hydrogens (primary N) is 1. The first-order chi connectivity index (χ1) is 9.99. The van der Waals surface area contributed by atoms with Gasteiger partial charge in [-0.25, -0.2) is 4.79 Å². The van der Waals surface area contributed by atoms with Gasteiger partial charge in [-0.3, -0.25) is 0 Å². The van der Waals surface area contributed by atoms with Gasteiger partial charge in [-0.15, -0.1) is 0 Å². The van der Waals surface area contributed by atoms with Crippen LogP contribution in [0.3, 0.4) is 0 Å². The Labute approximate surface area is 127 Å². The van der Waals surface area contributed by atoms with Crippen LogP contribution in [0.4, 0.5) is 5.69 Å². The Morgan fingerprint density at radius 3 is 2.62 bits per heavy atom. The molecule has 0 unspecified atom stereocenters. The lowest BCUT2D eigenvalue weighted by Gasteiger charge is -2.17. The maximum atomic E-state index is 12.1. The molecule has 1 aromatic heterocycles. The normalized spacial score (nSPS) is 13.7. The summed E-state index contributed by atoms with van der Waals surface area (Å²) in [4.78, 5) is 12.1. The average molecular weight is 306 g/mol. The molecule has 1 aliphatic rings. The molecule has 2 aromatic rings. The van der Waals surface area contributed by atoms with E-state index in [0.717, 1.165) is 10.9 Å². The summed E-state index contributed by atoms with van der Waals surface area (Å²) in [5.41, 5.74) is 8.02. The van der Waals surface area contributed by atoms with E-state index in [1.165, 1.54) is 0 Å². The number of rotatable bonds is 2. The van der Waals surface area contributed by atoms with Gasteiger partial charge in [0.05, 0.1) is 11.1 Å². The quantitative estimate of drug-likeness (QED) is 0.524. The van der Waals surface area contributed by atoms with E-state index in [9.17, 15) is 4.79 Å². The third kappa shape index (κ3) is 2.29. The van der Waals surface area contributed by atoms with Crippen molar-refractivity contribution in [2.45, 2.75) is 32.8 Å². The summed E-state index contributed by atoms with van der Waals surface area (Å²) in [6.07, 6.45) is 5.18. The minimum atomic E-state index is -0.341. The van der Waals surface area contributed by atoms with Crippen molar-refractivity contribution in [1.29, 1.82) is 0 Å². The number of hydrogen-bond donors (Lipinski definition) is 1. The van der Waals surface area contributed by atoms with E-state index in [-0.39, 0.29) is 17.4 Å². The molecule has 1 aliphatic carbocycles. The lowest BCUT2D eigenvalue weighted by molar-refractivity contribution is 0.244. The van der Waals surface area contributed by atoms with Gasteiger partial charge in [0, 0.05) is 10.9 Å². The molecule has 0 saturated carbocycles. The molecule has 0 amide bonds. The van der Waals surface area contributed by atoms with E-state index >= 15 is 0 Å². The molecule has 1 aromatic carbocycles. The maximum Gasteiger partial charge on any atom is 0.340 e. The Hall–Kier alpha value is -1.94. The third-order valence-corrected chi connectivity index (χ3v) is 3.80. The summed E-state index contributed by atoms with van der Waals surface area (Å²) >= 11 is 6.29. The largest absolute Gasteiger partial charge is 0.487 e. The topological polar surface area (TPSA) is 65.5 Å². The van der Waals surface area contributed by atoms with E-state index in [2.05, 4.69) is 0 Å². The first kappa shape index (κ1) is 14.0. The summed E-state index contributed by atoms with van der Waals surface area (Å²) in [5.74, 6) is 0.369. The van der Waals surface area contributed by atoms with Gasteiger partial charge in [-0.05, 0) is 38.3 Å². The number of allylic oxidation sites excluding steroid dienone is 2. The lowest BCUT2D eigenvalue weighted by Crippen LogP contribution is -2.15. The SMILES string of the molecule is CC(C)Oc1c(Cl)cc2c3c(c(=O)oc2c1N)CC=CC3. The summed E-state index contributed by atoms with van der Waals surface area (Å²) in [5, 5.41) is 1.21. The lowest BCUT2D eigenvalue weighted by atomic mass is 9.95. The predicted octanol–water partition coefficient (Wildman–Crippen LogP) is 3.47. The first-order valence-electron chi connectivity index (χ1n) is 6.87. The van der Waals surface area contributed by atoms with Gasteiger partial charge in [-0.1, -0.05) is 23.8 Å². The van der Waals surface area contributed by atoms with Gasteiger partial charge in [0.2, 0.25) is 0 Å². The Bertz CT molecular complexity index is 805. The average Bonchev–Trinajstić information content (AvgIpc) is 2.45. The molecule has 0 saturated heterocycles. The van der Waals surface area contributed by atoms with Crippen molar-refractivity contribution >= 4 is 28.3 Å². The third-order valence-electron chi connectivity index (χ3n) is 3.52. The Morgan fingerprint density at radius 1 is 1.29 bits per heavy atom. The molecule has 0 bridgehead atoms. The molecule has 5 heteroatoms. The van der Waals surface area contributed by atoms with Crippen LogP contribution in [0.15, 0.2) is 27.4 Å². The van der Waals surface area contributed by atoms with E-state index in [4.69, 9.17) is 26.5 Å². The van der Waals surface area contributed by atoms with Crippen molar-refractivity contribution < 1.29 is 9.15 Å². The van der Waals surface area contributed by atoms with E-state index in [1.807, 2.05) is 26.0 Å². The zero-order valence-corrected chi connectivity index (χ0v) is 12.7. The minimum absolute atomic E-state index is 0.0745. The summed E-state index contributed by atoms with van der Waals surface area (Å²) in [6, 6.07) is 1.77. The summed E-state index contributed by atoms with van der Waals surface area (Å²) in [6.45, 7) is 3.77. The number of benzene rings is 1. The van der Waals surface area contributed by atoms with Crippen molar-refractivity contribution in [2.75, 3.05) is 5.73 Å². The van der Waals surface area contributed by atoms with Crippen LogP contribution in [0.1, 0.15) is 25.0 Å². The molecule has 4 nitrogen and oxygen atoms in total. The van der Waals surface area contributed by atoms with Crippen molar-refractivity contribution in [2.24, 2.45) is 0 Å². The highest BCUT2D eigenvalue weighted by atomic mass is 35.5. The fourth-order valence-corrected chi connectivity index (χ4v) is 2.86. The van der Waals surface area contributed by atoms with Gasteiger partial charge in [-0.2, -0.15) is 0 Å². The zero-order valence-electron chi connectivity index (χ0n) is 11.9. The summed E-state index contributed by atoms with van der Waals surface area (Å²) < 4.78 is 11.0. The number of anilines is 1. The van der Waals surface area contributed by atoms with Crippen molar-refractivity contribution in [3.05, 3.63) is 44.8 Å². The van der Waals surface area contributed by atoms with Crippen LogP contribution in [0, 0.1) is 0 Å². The van der Waals surface area contributed by atoms with Crippen LogP contribution in [0.25, 0.3) is 11.0 Å². The van der Waals surface area contributed by atoms with Crippen molar-refractivity contribution in [3.8, 4) is 5.75 Å². The minimum Gasteiger partial charge on any atom is -0.487 e. The smallest absolute Gasteiger partial charge is 0.340 e. The molecule has 21 heavy (non-hydrogen) atoms. The highest BCUT2D eigenvalue weighted by Crippen LogP contribution is 2.40. The van der Waals surface area contributed by atoms with E-state index < -0.39 is 0 Å². The maximum absolute atomic E-state index is 12.1. The Balaban J connectivity index is 2.34. The number of nitrogen functional groups attached to an aromatic ring is 1. The van der Waals surface area contributed by atoms with Crippen LogP contribution in [0.5, 0.6) is 5.75 Å². The van der Waals surface area contributed by atoms with Crippen molar-refractivity contribution in [1.82, 2.24) is 0 Å². The second kappa shape index (κ2) is 5.11. The molecule has 0 radical (unpaired) electrons. The molecule has 1 heterocycles. The number of ether oxygens (including phenoxy) is 1. The van der Waals surface area contributed by atoms with Crippen LogP contribution in [0.2, 0.25) is 5.02 Å². The molecule has 110 valence electrons. The highest BCUT2D eigenvalue weighted by molar-refractivity contribution is 6.33. The van der Waals surface area contributed by atoms with E-state index in [1.54, 1.807) is 6.07 Å². The van der Waals surface area contributed by atoms with Gasteiger partial charge >= 0.3 is 5.63 Å². The Kier molecular flexibility index (Phi) is 3.41. The second-order valence-electron chi connectivity index (χ2n) is 5.37. The molecule has 0 atom stereocenters. The standard InChI is InChI=1S/C16H16ClNO3/c1-8(2)20-15-12(17)7-11-9-5-3-4-6-10(9)16(19)21-14(11)13(15)18/h3-4,7-8H,5-6,18H2,1-2H3. The summed E-state index contributed by atoms with van der Waals surface area (Å²) in [7, 11) is 0. The van der Waals surface area contributed by atoms with Gasteiger partial charge < -0.3 is 14.9 Å². The first-order valence-corrected chi connectivity index (χ1v) is 7.25. The number of halogens is 1. The highest BCUT2D eigenvalue weighted by Gasteiger charge is 2.21. The van der Waals surface area contributed by atoms with E-state index in [0.29, 0.717) is 34.8 Å². The van der Waals surface area contributed by atoms with Crippen LogP contribution in [-0.4, -0.2) is 6.10 Å². The van der Waals surface area contributed by atoms with Gasteiger partial charge in [0.1, 0.15) is 5.69 Å². The Morgan fingerprint density at radius 2 is 1.95 bits per heavy atom. The monoisotopic (exact) mass is 305 g/mol. The molecular weight excluding hydrogens is 290 g/mol. The van der Waals surface area contributed by atoms with Crippen molar-refractivity contribution in [3.63, 3.8) is 0 Å². The second-order valence-corrected chi connectivity index (χ2v) is 5.78. The fraction of sp³-hybridized carbons (Fsp3) is 0.312. The molecule has 2 N–H and O–H groups in total. The zero-order chi connectivity index (χ0) is 15.1. The molecule has 0 aliphatic heterocycles. The van der Waals surface area contributed by atoms with Gasteiger partial charge in [0.25, 0.3) is 0 Å². The van der Waals surface area contributed by atoms with Gasteiger partial charge in [0.15, 0.2) is 11.3 Å².